The van der Waals surface area contributed by atoms with E-state index in [-0.39, 0.29) is 16.8 Å². The molecule has 1 N–H and O–H groups in total. The molecule has 0 saturated carbocycles. The van der Waals surface area contributed by atoms with Crippen molar-refractivity contribution >= 4 is 23.5 Å². The molecule has 2 heterocycles. The van der Waals surface area contributed by atoms with Gasteiger partial charge >= 0.3 is 12.1 Å². The van der Waals surface area contributed by atoms with Crippen LogP contribution in [0.5, 0.6) is 0 Å². The van der Waals surface area contributed by atoms with Crippen LogP contribution in [0.3, 0.4) is 0 Å². The molecule has 2 rings (SSSR count). The van der Waals surface area contributed by atoms with E-state index in [0.29, 0.717) is 6.07 Å². The van der Waals surface area contributed by atoms with Gasteiger partial charge in [-0.2, -0.15) is 13.2 Å². The maximum Gasteiger partial charge on any atom is 0.433 e. The molecule has 0 bridgehead atoms. The number of allylic oxidation sites excluding steroid dienone is 2. The van der Waals surface area contributed by atoms with Crippen molar-refractivity contribution < 1.29 is 27.9 Å². The van der Waals surface area contributed by atoms with Gasteiger partial charge in [-0.1, -0.05) is 0 Å². The van der Waals surface area contributed by atoms with E-state index in [9.17, 15) is 22.8 Å². The molecule has 1 atom stereocenters. The number of Topliss-reactive ketones (excluding diaryl/α,β-unsaturated/α-hetero) is 1. The van der Waals surface area contributed by atoms with Crippen LogP contribution in [-0.2, 0) is 15.8 Å². The first-order valence-corrected chi connectivity index (χ1v) is 5.77. The molecule has 1 aromatic rings. The van der Waals surface area contributed by atoms with E-state index in [2.05, 4.69) is 9.98 Å². The van der Waals surface area contributed by atoms with Crippen molar-refractivity contribution in [1.29, 1.82) is 0 Å². The summed E-state index contributed by atoms with van der Waals surface area (Å²) in [6, 6.07) is 1.92. The minimum atomic E-state index is -4.66. The van der Waals surface area contributed by atoms with Crippen LogP contribution in [0.2, 0.25) is 0 Å². The fourth-order valence-electron chi connectivity index (χ4n) is 1.92. The van der Waals surface area contributed by atoms with Crippen molar-refractivity contribution in [2.75, 3.05) is 0 Å². The Hall–Kier alpha value is -2.51. The number of halogens is 3. The lowest BCUT2D eigenvalue weighted by atomic mass is 9.90. The molecule has 8 heteroatoms. The molecule has 1 aliphatic rings. The van der Waals surface area contributed by atoms with Crippen molar-refractivity contribution in [3.05, 3.63) is 35.3 Å². The van der Waals surface area contributed by atoms with Crippen LogP contribution in [0.25, 0.3) is 5.57 Å². The number of carboxylic acids is 1. The molecule has 0 fully saturated rings. The Labute approximate surface area is 116 Å². The van der Waals surface area contributed by atoms with Crippen molar-refractivity contribution in [3.8, 4) is 0 Å². The number of carboxylic acid groups (broad SMARTS) is 1. The minimum Gasteiger partial charge on any atom is -0.480 e. The standard InChI is InChI=1S/C13H9F3N2O3/c1-6-10(11(19)8(5-18-6)12(20)21)7-2-3-17-9(4-7)13(14,15)16/h2-5,8H,1H3,(H,20,21). The number of hydrogen-bond acceptors (Lipinski definition) is 4. The number of pyridine rings is 1. The molecule has 21 heavy (non-hydrogen) atoms. The monoisotopic (exact) mass is 298 g/mol. The van der Waals surface area contributed by atoms with Gasteiger partial charge in [-0.3, -0.25) is 19.6 Å². The number of rotatable bonds is 2. The molecule has 0 spiro atoms. The zero-order chi connectivity index (χ0) is 15.8. The summed E-state index contributed by atoms with van der Waals surface area (Å²) in [4.78, 5) is 30.0. The van der Waals surface area contributed by atoms with Gasteiger partial charge in [-0.15, -0.1) is 0 Å². The summed E-state index contributed by atoms with van der Waals surface area (Å²) in [6.45, 7) is 1.43. The maximum atomic E-state index is 12.6. The summed E-state index contributed by atoms with van der Waals surface area (Å²) in [6.07, 6.45) is -2.77. The van der Waals surface area contributed by atoms with Crippen LogP contribution in [0, 0.1) is 5.92 Å². The molecule has 0 radical (unpaired) electrons. The Bertz CT molecular complexity index is 677. The number of carbonyl (C=O) groups excluding carboxylic acids is 1. The Balaban J connectivity index is 2.52. The number of carbonyl (C=O) groups is 2. The summed E-state index contributed by atoms with van der Waals surface area (Å²) in [5.41, 5.74) is -1.19. The van der Waals surface area contributed by atoms with Crippen LogP contribution < -0.4 is 0 Å². The number of ketones is 1. The molecule has 110 valence electrons. The zero-order valence-electron chi connectivity index (χ0n) is 10.7. The Kier molecular flexibility index (Phi) is 3.63. The minimum absolute atomic E-state index is 0.0528. The van der Waals surface area contributed by atoms with Crippen molar-refractivity contribution in [3.63, 3.8) is 0 Å². The Morgan fingerprint density at radius 3 is 2.62 bits per heavy atom. The van der Waals surface area contributed by atoms with E-state index in [1.807, 2.05) is 0 Å². The van der Waals surface area contributed by atoms with Gasteiger partial charge in [0, 0.05) is 23.7 Å². The molecule has 5 nitrogen and oxygen atoms in total. The highest BCUT2D eigenvalue weighted by Gasteiger charge is 2.35. The lowest BCUT2D eigenvalue weighted by Gasteiger charge is -2.17. The number of nitrogens with zero attached hydrogens (tertiary/aromatic N) is 2. The Morgan fingerprint density at radius 2 is 2.05 bits per heavy atom. The molecule has 1 aromatic heterocycles. The van der Waals surface area contributed by atoms with Gasteiger partial charge in [-0.05, 0) is 24.6 Å². The third-order valence-electron chi connectivity index (χ3n) is 2.91. The number of aromatic nitrogens is 1. The zero-order valence-corrected chi connectivity index (χ0v) is 10.7. The van der Waals surface area contributed by atoms with Gasteiger partial charge in [0.2, 0.25) is 0 Å². The first-order chi connectivity index (χ1) is 9.71. The third kappa shape index (κ3) is 2.83. The van der Waals surface area contributed by atoms with Gasteiger partial charge in [0.05, 0.1) is 0 Å². The van der Waals surface area contributed by atoms with E-state index in [4.69, 9.17) is 5.11 Å². The van der Waals surface area contributed by atoms with E-state index in [1.54, 1.807) is 0 Å². The summed E-state index contributed by atoms with van der Waals surface area (Å²) in [5, 5.41) is 8.92. The predicted octanol–water partition coefficient (Wildman–Crippen LogP) is 2.19. The first-order valence-electron chi connectivity index (χ1n) is 5.77. The smallest absolute Gasteiger partial charge is 0.433 e. The SMILES string of the molecule is CC1=C(c2ccnc(C(F)(F)F)c2)C(=O)C(C(=O)O)C=N1. The van der Waals surface area contributed by atoms with E-state index >= 15 is 0 Å². The van der Waals surface area contributed by atoms with Crippen molar-refractivity contribution in [2.24, 2.45) is 10.9 Å². The maximum absolute atomic E-state index is 12.6. The van der Waals surface area contributed by atoms with Gasteiger partial charge in [0.25, 0.3) is 0 Å². The Morgan fingerprint density at radius 1 is 1.38 bits per heavy atom. The molecule has 1 aliphatic heterocycles. The summed E-state index contributed by atoms with van der Waals surface area (Å²) < 4.78 is 37.9. The van der Waals surface area contributed by atoms with Crippen LogP contribution in [0.4, 0.5) is 13.2 Å². The number of aliphatic carboxylic acids is 1. The van der Waals surface area contributed by atoms with Crippen LogP contribution in [-0.4, -0.2) is 28.1 Å². The highest BCUT2D eigenvalue weighted by Crippen LogP contribution is 2.32. The number of alkyl halides is 3. The van der Waals surface area contributed by atoms with E-state index < -0.39 is 29.5 Å². The molecule has 0 saturated heterocycles. The quantitative estimate of drug-likeness (QED) is 0.849. The van der Waals surface area contributed by atoms with Crippen LogP contribution >= 0.6 is 0 Å². The molecule has 0 amide bonds. The number of aliphatic imine (C=N–C) groups is 1. The van der Waals surface area contributed by atoms with Crippen molar-refractivity contribution in [2.45, 2.75) is 13.1 Å². The highest BCUT2D eigenvalue weighted by molar-refractivity contribution is 6.33. The summed E-state index contributed by atoms with van der Waals surface area (Å²) >= 11 is 0. The van der Waals surface area contributed by atoms with Gasteiger partial charge in [-0.25, -0.2) is 0 Å². The first kappa shape index (κ1) is 14.9. The predicted molar refractivity (Wildman–Crippen MR) is 66.5 cm³/mol. The van der Waals surface area contributed by atoms with Crippen LogP contribution in [0.15, 0.2) is 29.0 Å². The van der Waals surface area contributed by atoms with Gasteiger partial charge in [0.15, 0.2) is 11.7 Å². The third-order valence-corrected chi connectivity index (χ3v) is 2.91. The number of hydrogen-bond donors (Lipinski definition) is 1. The van der Waals surface area contributed by atoms with Gasteiger partial charge in [0.1, 0.15) is 5.69 Å². The lowest BCUT2D eigenvalue weighted by molar-refractivity contribution is -0.142. The second-order valence-corrected chi connectivity index (χ2v) is 4.35. The molecule has 0 aliphatic carbocycles. The van der Waals surface area contributed by atoms with Crippen LogP contribution in [0.1, 0.15) is 18.2 Å². The van der Waals surface area contributed by atoms with E-state index in [0.717, 1.165) is 12.4 Å². The summed E-state index contributed by atoms with van der Waals surface area (Å²) in [5.74, 6) is -3.70. The molecule has 0 aromatic carbocycles. The van der Waals surface area contributed by atoms with Crippen molar-refractivity contribution in [1.82, 2.24) is 4.98 Å². The largest absolute Gasteiger partial charge is 0.480 e. The average molecular weight is 298 g/mol. The highest BCUT2D eigenvalue weighted by atomic mass is 19.4. The topological polar surface area (TPSA) is 79.6 Å². The second kappa shape index (κ2) is 5.12. The fraction of sp³-hybridized carbons (Fsp3) is 0.231. The summed E-state index contributed by atoms with van der Waals surface area (Å²) in [7, 11) is 0. The molecule has 1 unspecified atom stereocenters. The van der Waals surface area contributed by atoms with Gasteiger partial charge < -0.3 is 5.11 Å². The fourth-order valence-corrected chi connectivity index (χ4v) is 1.92. The average Bonchev–Trinajstić information content (AvgIpc) is 2.37. The lowest BCUT2D eigenvalue weighted by Crippen LogP contribution is -2.29. The van der Waals surface area contributed by atoms with E-state index in [1.165, 1.54) is 13.0 Å². The second-order valence-electron chi connectivity index (χ2n) is 4.35. The molecular formula is C13H9F3N2O3. The molecular weight excluding hydrogens is 289 g/mol. The normalized spacial score (nSPS) is 19.0.